The van der Waals surface area contributed by atoms with E-state index in [0.29, 0.717) is 12.0 Å². The van der Waals surface area contributed by atoms with Gasteiger partial charge in [-0.1, -0.05) is 0 Å². The highest BCUT2D eigenvalue weighted by Crippen LogP contribution is 2.41. The Morgan fingerprint density at radius 1 is 1.56 bits per heavy atom. The van der Waals surface area contributed by atoms with Gasteiger partial charge in [0.25, 0.3) is 0 Å². The minimum Gasteiger partial charge on any atom is -0.388 e. The van der Waals surface area contributed by atoms with Crippen molar-refractivity contribution in [3.05, 3.63) is 29.8 Å². The molecule has 3 nitrogen and oxygen atoms in total. The lowest BCUT2D eigenvalue weighted by atomic mass is 9.75. The Labute approximate surface area is 94.3 Å². The molecule has 1 aromatic rings. The minimum atomic E-state index is -0.705. The first-order chi connectivity index (χ1) is 7.65. The Bertz CT molecular complexity index is 360. The third-order valence-corrected chi connectivity index (χ3v) is 3.37. The van der Waals surface area contributed by atoms with Gasteiger partial charge >= 0.3 is 0 Å². The summed E-state index contributed by atoms with van der Waals surface area (Å²) in [6.45, 7) is 0. The van der Waals surface area contributed by atoms with Crippen LogP contribution in [0.1, 0.15) is 37.4 Å². The number of hydrogen-bond donors (Lipinski definition) is 1. The highest BCUT2D eigenvalue weighted by atomic mass is 19.1. The van der Waals surface area contributed by atoms with E-state index in [9.17, 15) is 9.50 Å². The van der Waals surface area contributed by atoms with Crippen molar-refractivity contribution in [1.29, 1.82) is 0 Å². The molecule has 1 N–H and O–H groups in total. The number of methoxy groups -OCH3 is 1. The van der Waals surface area contributed by atoms with E-state index in [1.54, 1.807) is 7.11 Å². The first-order valence-corrected chi connectivity index (χ1v) is 5.49. The van der Waals surface area contributed by atoms with Crippen LogP contribution in [0.15, 0.2) is 18.5 Å². The third kappa shape index (κ3) is 2.23. The van der Waals surface area contributed by atoms with Gasteiger partial charge in [0.2, 0.25) is 0 Å². The smallest absolute Gasteiger partial charge is 0.141 e. The summed E-state index contributed by atoms with van der Waals surface area (Å²) in [4.78, 5) is 3.73. The van der Waals surface area contributed by atoms with Crippen LogP contribution in [-0.2, 0) is 4.74 Å². The summed E-state index contributed by atoms with van der Waals surface area (Å²) in [5.74, 6) is -0.420. The number of aromatic nitrogens is 1. The van der Waals surface area contributed by atoms with Gasteiger partial charge in [0.15, 0.2) is 0 Å². The highest BCUT2D eigenvalue weighted by Gasteiger charge is 2.39. The molecule has 1 atom stereocenters. The number of aliphatic hydroxyl groups excluding tert-OH is 1. The van der Waals surface area contributed by atoms with Crippen LogP contribution in [0, 0.1) is 5.82 Å². The maximum absolute atomic E-state index is 12.9. The molecule has 1 heterocycles. The summed E-state index contributed by atoms with van der Waals surface area (Å²) in [6, 6.07) is 1.32. The molecule has 4 heteroatoms. The lowest BCUT2D eigenvalue weighted by Gasteiger charge is -2.41. The van der Waals surface area contributed by atoms with Crippen molar-refractivity contribution >= 4 is 0 Å². The second kappa shape index (κ2) is 4.47. The van der Waals surface area contributed by atoms with Crippen molar-refractivity contribution in [2.24, 2.45) is 0 Å². The van der Waals surface area contributed by atoms with Gasteiger partial charge in [-0.2, -0.15) is 0 Å². The largest absolute Gasteiger partial charge is 0.388 e. The molecular weight excluding hydrogens is 209 g/mol. The molecule has 0 aliphatic heterocycles. The van der Waals surface area contributed by atoms with Crippen LogP contribution in [0.2, 0.25) is 0 Å². The van der Waals surface area contributed by atoms with Crippen LogP contribution in [0.4, 0.5) is 4.39 Å². The number of hydrogen-bond acceptors (Lipinski definition) is 3. The van der Waals surface area contributed by atoms with Crippen molar-refractivity contribution in [2.75, 3.05) is 7.11 Å². The zero-order chi connectivity index (χ0) is 11.6. The van der Waals surface area contributed by atoms with Gasteiger partial charge in [0.05, 0.1) is 17.9 Å². The summed E-state index contributed by atoms with van der Waals surface area (Å²) in [5.41, 5.74) is 0.300. The standard InChI is InChI=1S/C12H16FNO2/c1-16-12(3-2-4-12)6-11(15)9-5-10(13)8-14-7-9/h5,7-8,11,15H,2-4,6H2,1H3. The Hall–Kier alpha value is -1.00. The number of halogens is 1. The Balaban J connectivity index is 2.05. The molecule has 1 saturated carbocycles. The first-order valence-electron chi connectivity index (χ1n) is 5.49. The molecule has 1 fully saturated rings. The van der Waals surface area contributed by atoms with Crippen LogP contribution in [0.25, 0.3) is 0 Å². The lowest BCUT2D eigenvalue weighted by molar-refractivity contribution is -0.0999. The molecule has 1 aliphatic rings. The molecule has 16 heavy (non-hydrogen) atoms. The number of aliphatic hydroxyl groups is 1. The van der Waals surface area contributed by atoms with Crippen molar-refractivity contribution in [1.82, 2.24) is 4.98 Å². The molecule has 1 unspecified atom stereocenters. The highest BCUT2D eigenvalue weighted by molar-refractivity contribution is 5.14. The first kappa shape index (κ1) is 11.5. The van der Waals surface area contributed by atoms with Gasteiger partial charge < -0.3 is 9.84 Å². The zero-order valence-electron chi connectivity index (χ0n) is 9.32. The molecule has 0 radical (unpaired) electrons. The van der Waals surface area contributed by atoms with Crippen LogP contribution >= 0.6 is 0 Å². The quantitative estimate of drug-likeness (QED) is 0.854. The van der Waals surface area contributed by atoms with Gasteiger partial charge in [-0.05, 0) is 25.3 Å². The van der Waals surface area contributed by atoms with E-state index >= 15 is 0 Å². The van der Waals surface area contributed by atoms with Gasteiger partial charge in [-0.15, -0.1) is 0 Å². The molecule has 0 bridgehead atoms. The second-order valence-electron chi connectivity index (χ2n) is 4.40. The van der Waals surface area contributed by atoms with E-state index in [1.807, 2.05) is 0 Å². The maximum Gasteiger partial charge on any atom is 0.141 e. The molecular formula is C12H16FNO2. The third-order valence-electron chi connectivity index (χ3n) is 3.37. The average molecular weight is 225 g/mol. The fourth-order valence-corrected chi connectivity index (χ4v) is 2.14. The Morgan fingerprint density at radius 3 is 2.81 bits per heavy atom. The number of pyridine rings is 1. The summed E-state index contributed by atoms with van der Waals surface area (Å²) >= 11 is 0. The van der Waals surface area contributed by atoms with E-state index in [4.69, 9.17) is 4.74 Å². The van der Waals surface area contributed by atoms with Crippen molar-refractivity contribution in [2.45, 2.75) is 37.4 Å². The molecule has 0 amide bonds. The van der Waals surface area contributed by atoms with E-state index in [2.05, 4.69) is 4.98 Å². The number of ether oxygens (including phenoxy) is 1. The maximum atomic E-state index is 12.9. The van der Waals surface area contributed by atoms with Gasteiger partial charge in [-0.25, -0.2) is 4.39 Å². The summed E-state index contributed by atoms with van der Waals surface area (Å²) in [6.07, 6.45) is 5.48. The van der Waals surface area contributed by atoms with Crippen molar-refractivity contribution in [3.8, 4) is 0 Å². The van der Waals surface area contributed by atoms with Crippen LogP contribution in [0.3, 0.4) is 0 Å². The topological polar surface area (TPSA) is 42.4 Å². The van der Waals surface area contributed by atoms with E-state index in [0.717, 1.165) is 25.5 Å². The zero-order valence-corrected chi connectivity index (χ0v) is 9.32. The van der Waals surface area contributed by atoms with Crippen LogP contribution < -0.4 is 0 Å². The molecule has 0 spiro atoms. The molecule has 88 valence electrons. The van der Waals surface area contributed by atoms with Crippen molar-refractivity contribution < 1.29 is 14.2 Å². The minimum absolute atomic E-state index is 0.217. The molecule has 2 rings (SSSR count). The average Bonchev–Trinajstić information content (AvgIpc) is 2.23. The van der Waals surface area contributed by atoms with Crippen LogP contribution in [0.5, 0.6) is 0 Å². The normalized spacial score (nSPS) is 20.2. The SMILES string of the molecule is COC1(CC(O)c2cncc(F)c2)CCC1. The molecule has 0 aromatic carbocycles. The van der Waals surface area contributed by atoms with E-state index in [1.165, 1.54) is 12.3 Å². The van der Waals surface area contributed by atoms with Gasteiger partial charge in [0, 0.05) is 25.3 Å². The predicted molar refractivity (Wildman–Crippen MR) is 57.4 cm³/mol. The number of rotatable bonds is 4. The molecule has 1 aliphatic carbocycles. The summed E-state index contributed by atoms with van der Waals surface area (Å²) in [7, 11) is 1.66. The summed E-state index contributed by atoms with van der Waals surface area (Å²) in [5, 5.41) is 9.99. The van der Waals surface area contributed by atoms with Crippen molar-refractivity contribution in [3.63, 3.8) is 0 Å². The summed E-state index contributed by atoms with van der Waals surface area (Å²) < 4.78 is 18.4. The number of nitrogens with zero attached hydrogens (tertiary/aromatic N) is 1. The van der Waals surface area contributed by atoms with E-state index < -0.39 is 11.9 Å². The molecule has 0 saturated heterocycles. The molecule has 1 aromatic heterocycles. The Kier molecular flexibility index (Phi) is 3.21. The fraction of sp³-hybridized carbons (Fsp3) is 0.583. The van der Waals surface area contributed by atoms with E-state index in [-0.39, 0.29) is 5.60 Å². The monoisotopic (exact) mass is 225 g/mol. The van der Waals surface area contributed by atoms with Gasteiger partial charge in [-0.3, -0.25) is 4.98 Å². The lowest BCUT2D eigenvalue weighted by Crippen LogP contribution is -2.40. The predicted octanol–water partition coefficient (Wildman–Crippen LogP) is 2.21. The second-order valence-corrected chi connectivity index (χ2v) is 4.40. The van der Waals surface area contributed by atoms with Crippen LogP contribution in [-0.4, -0.2) is 22.8 Å². The van der Waals surface area contributed by atoms with Gasteiger partial charge in [0.1, 0.15) is 5.82 Å². The Morgan fingerprint density at radius 2 is 2.31 bits per heavy atom. The fourth-order valence-electron chi connectivity index (χ4n) is 2.14.